The lowest BCUT2D eigenvalue weighted by Crippen LogP contribution is -2.60. The number of aliphatic hydroxyl groups is 3. The van der Waals surface area contributed by atoms with Crippen molar-refractivity contribution in [3.8, 4) is 0 Å². The molecule has 2 fully saturated rings. The predicted octanol–water partition coefficient (Wildman–Crippen LogP) is 0.398. The monoisotopic (exact) mass is 318 g/mol. The van der Waals surface area contributed by atoms with Gasteiger partial charge < -0.3 is 29.9 Å². The number of carboxylic acids is 1. The quantitative estimate of drug-likeness (QED) is 0.595. The van der Waals surface area contributed by atoms with E-state index in [0.717, 1.165) is 38.5 Å². The summed E-state index contributed by atoms with van der Waals surface area (Å²) in [6.45, 7) is 0. The van der Waals surface area contributed by atoms with Gasteiger partial charge in [-0.1, -0.05) is 38.5 Å². The van der Waals surface area contributed by atoms with Gasteiger partial charge in [0, 0.05) is 0 Å². The minimum Gasteiger partial charge on any atom is -0.479 e. The van der Waals surface area contributed by atoms with Crippen LogP contribution in [0.1, 0.15) is 51.4 Å². The van der Waals surface area contributed by atoms with Crippen LogP contribution in [0.15, 0.2) is 0 Å². The molecule has 0 aromatic rings. The highest BCUT2D eigenvalue weighted by molar-refractivity contribution is 5.73. The highest BCUT2D eigenvalue weighted by Gasteiger charge is 2.48. The average Bonchev–Trinajstić information content (AvgIpc) is 2.61. The largest absolute Gasteiger partial charge is 0.479 e. The molecule has 1 saturated heterocycles. The lowest BCUT2D eigenvalue weighted by atomic mass is 9.98. The first-order valence-electron chi connectivity index (χ1n) is 8.08. The van der Waals surface area contributed by atoms with E-state index in [1.165, 1.54) is 12.8 Å². The van der Waals surface area contributed by atoms with Crippen LogP contribution in [-0.4, -0.2) is 63.2 Å². The van der Waals surface area contributed by atoms with Crippen LogP contribution in [-0.2, 0) is 14.3 Å². The molecule has 0 radical (unpaired) electrons. The van der Waals surface area contributed by atoms with Gasteiger partial charge in [-0.15, -0.1) is 0 Å². The summed E-state index contributed by atoms with van der Waals surface area (Å²) in [5.74, 6) is -1.39. The molecule has 0 aromatic carbocycles. The first kappa shape index (κ1) is 17.6. The van der Waals surface area contributed by atoms with E-state index in [2.05, 4.69) is 0 Å². The minimum atomic E-state index is -1.67. The second-order valence-electron chi connectivity index (χ2n) is 6.19. The Hall–Kier alpha value is -0.730. The zero-order valence-corrected chi connectivity index (χ0v) is 12.6. The maximum absolute atomic E-state index is 11.1. The number of carbonyl (C=O) groups is 1. The molecule has 0 amide bonds. The van der Waals surface area contributed by atoms with Crippen molar-refractivity contribution in [2.45, 2.75) is 88.2 Å². The van der Waals surface area contributed by atoms with Crippen molar-refractivity contribution in [1.82, 2.24) is 0 Å². The van der Waals surface area contributed by atoms with Crippen LogP contribution in [0.25, 0.3) is 0 Å². The summed E-state index contributed by atoms with van der Waals surface area (Å²) in [6, 6.07) is 0. The van der Waals surface area contributed by atoms with Gasteiger partial charge >= 0.3 is 5.97 Å². The number of rotatable bonds is 3. The van der Waals surface area contributed by atoms with E-state index in [-0.39, 0.29) is 6.10 Å². The molecular formula is C15H26O7. The lowest BCUT2D eigenvalue weighted by molar-refractivity contribution is -0.305. The molecule has 0 aromatic heterocycles. The molecule has 1 saturated carbocycles. The molecule has 0 bridgehead atoms. The molecule has 0 unspecified atom stereocenters. The molecule has 1 aliphatic carbocycles. The number of carboxylic acid groups (broad SMARTS) is 1. The smallest absolute Gasteiger partial charge is 0.335 e. The number of hydrogen-bond donors (Lipinski definition) is 4. The fourth-order valence-corrected chi connectivity index (χ4v) is 3.09. The van der Waals surface area contributed by atoms with E-state index in [1.54, 1.807) is 0 Å². The van der Waals surface area contributed by atoms with Crippen molar-refractivity contribution in [2.24, 2.45) is 0 Å². The minimum absolute atomic E-state index is 0.130. The predicted molar refractivity (Wildman–Crippen MR) is 76.1 cm³/mol. The Labute approximate surface area is 129 Å². The van der Waals surface area contributed by atoms with Gasteiger partial charge in [-0.05, 0) is 12.8 Å². The highest BCUT2D eigenvalue weighted by atomic mass is 16.7. The van der Waals surface area contributed by atoms with Crippen LogP contribution in [0.2, 0.25) is 0 Å². The number of ether oxygens (including phenoxy) is 2. The van der Waals surface area contributed by atoms with Crippen LogP contribution in [0.4, 0.5) is 0 Å². The van der Waals surface area contributed by atoms with Crippen LogP contribution in [0, 0.1) is 0 Å². The third-order valence-electron chi connectivity index (χ3n) is 4.44. The Morgan fingerprint density at radius 3 is 1.95 bits per heavy atom. The summed E-state index contributed by atoms with van der Waals surface area (Å²) < 4.78 is 10.9. The van der Waals surface area contributed by atoms with Crippen LogP contribution < -0.4 is 0 Å². The zero-order chi connectivity index (χ0) is 16.1. The third-order valence-corrected chi connectivity index (χ3v) is 4.44. The molecule has 7 heteroatoms. The molecule has 22 heavy (non-hydrogen) atoms. The Balaban J connectivity index is 1.97. The van der Waals surface area contributed by atoms with E-state index in [9.17, 15) is 20.1 Å². The molecule has 2 aliphatic rings. The van der Waals surface area contributed by atoms with Gasteiger partial charge in [-0.3, -0.25) is 0 Å². The van der Waals surface area contributed by atoms with Crippen molar-refractivity contribution in [3.63, 3.8) is 0 Å². The van der Waals surface area contributed by atoms with Gasteiger partial charge in [0.05, 0.1) is 6.10 Å². The maximum Gasteiger partial charge on any atom is 0.335 e. The molecule has 0 spiro atoms. The third kappa shape index (κ3) is 4.39. The van der Waals surface area contributed by atoms with Crippen LogP contribution in [0.5, 0.6) is 0 Å². The second kappa shape index (κ2) is 8.21. The van der Waals surface area contributed by atoms with Crippen molar-refractivity contribution in [3.05, 3.63) is 0 Å². The van der Waals surface area contributed by atoms with E-state index in [1.807, 2.05) is 0 Å². The summed E-state index contributed by atoms with van der Waals surface area (Å²) >= 11 is 0. The molecule has 5 atom stereocenters. The molecule has 2 rings (SSSR count). The summed E-state index contributed by atoms with van der Waals surface area (Å²) in [7, 11) is 0. The average molecular weight is 318 g/mol. The van der Waals surface area contributed by atoms with E-state index in [0.29, 0.717) is 0 Å². The van der Waals surface area contributed by atoms with Gasteiger partial charge in [0.2, 0.25) is 0 Å². The Morgan fingerprint density at radius 1 is 0.864 bits per heavy atom. The number of aliphatic carboxylic acids is 1. The first-order chi connectivity index (χ1) is 10.5. The van der Waals surface area contributed by atoms with Crippen molar-refractivity contribution >= 4 is 5.97 Å². The number of aliphatic hydroxyl groups excluding tert-OH is 3. The summed E-state index contributed by atoms with van der Waals surface area (Å²) in [5, 5.41) is 38.4. The topological polar surface area (TPSA) is 116 Å². The van der Waals surface area contributed by atoms with Crippen LogP contribution in [0.3, 0.4) is 0 Å². The van der Waals surface area contributed by atoms with Crippen molar-refractivity contribution in [2.75, 3.05) is 0 Å². The highest BCUT2D eigenvalue weighted by Crippen LogP contribution is 2.26. The molecule has 1 aliphatic heterocycles. The van der Waals surface area contributed by atoms with Gasteiger partial charge in [0.25, 0.3) is 0 Å². The summed E-state index contributed by atoms with van der Waals surface area (Å²) in [4.78, 5) is 11.1. The molecule has 4 N–H and O–H groups in total. The summed E-state index contributed by atoms with van der Waals surface area (Å²) in [6.07, 6.45) is 0.665. The fraction of sp³-hybridized carbons (Fsp3) is 0.933. The molecule has 7 nitrogen and oxygen atoms in total. The van der Waals surface area contributed by atoms with Gasteiger partial charge in [-0.25, -0.2) is 4.79 Å². The van der Waals surface area contributed by atoms with Crippen LogP contribution >= 0.6 is 0 Å². The maximum atomic E-state index is 11.1. The second-order valence-corrected chi connectivity index (χ2v) is 6.19. The standard InChI is InChI=1S/C15H26O7/c16-10-11(17)13(14(19)20)22-15(12(10)18)21-9-7-5-3-1-2-4-6-8-9/h9-13,15-18H,1-8H2,(H,19,20)/t10-,11-,12+,13-,15+/m0/s1. The van der Waals surface area contributed by atoms with Crippen molar-refractivity contribution < 1.29 is 34.7 Å². The lowest BCUT2D eigenvalue weighted by Gasteiger charge is -2.39. The van der Waals surface area contributed by atoms with Gasteiger partial charge in [-0.2, -0.15) is 0 Å². The van der Waals surface area contributed by atoms with E-state index in [4.69, 9.17) is 14.6 Å². The SMILES string of the molecule is O=C(O)[C@H]1O[C@@H](OC2CCCCCCCC2)[C@H](O)[C@@H](O)[C@@H]1O. The zero-order valence-electron chi connectivity index (χ0n) is 12.6. The molecule has 1 heterocycles. The molecular weight excluding hydrogens is 292 g/mol. The van der Waals surface area contributed by atoms with Gasteiger partial charge in [0.15, 0.2) is 12.4 Å². The Bertz CT molecular complexity index is 352. The first-order valence-corrected chi connectivity index (χ1v) is 8.08. The Morgan fingerprint density at radius 2 is 1.41 bits per heavy atom. The fourth-order valence-electron chi connectivity index (χ4n) is 3.09. The van der Waals surface area contributed by atoms with E-state index < -0.39 is 36.7 Å². The van der Waals surface area contributed by atoms with Crippen molar-refractivity contribution in [1.29, 1.82) is 0 Å². The Kier molecular flexibility index (Phi) is 6.58. The molecule has 128 valence electrons. The van der Waals surface area contributed by atoms with E-state index >= 15 is 0 Å². The summed E-state index contributed by atoms with van der Waals surface area (Å²) in [5.41, 5.74) is 0. The van der Waals surface area contributed by atoms with Gasteiger partial charge in [0.1, 0.15) is 18.3 Å². The normalized spacial score (nSPS) is 38.8. The number of hydrogen-bond acceptors (Lipinski definition) is 6.